The van der Waals surface area contributed by atoms with E-state index in [1.54, 1.807) is 12.1 Å². The number of benzene rings is 1. The molecule has 9 nitrogen and oxygen atoms in total. The first-order valence-electron chi connectivity index (χ1n) is 7.35. The quantitative estimate of drug-likeness (QED) is 0.386. The van der Waals surface area contributed by atoms with Crippen LogP contribution in [0.2, 0.25) is 0 Å². The number of nitro groups is 1. The fourth-order valence-electron chi connectivity index (χ4n) is 1.89. The van der Waals surface area contributed by atoms with E-state index < -0.39 is 18.6 Å². The Kier molecular flexibility index (Phi) is 6.49. The lowest BCUT2D eigenvalue weighted by Crippen LogP contribution is -2.15. The summed E-state index contributed by atoms with van der Waals surface area (Å²) in [6.07, 6.45) is -0.126. The molecule has 1 heterocycles. The Bertz CT molecular complexity index is 835. The molecule has 0 aliphatic rings. The zero-order chi connectivity index (χ0) is 19.3. The molecule has 0 spiro atoms. The number of aliphatic carboxylic acids is 1. The highest BCUT2D eigenvalue weighted by Crippen LogP contribution is 2.51. The smallest absolute Gasteiger partial charge is 0.461 e. The van der Waals surface area contributed by atoms with Gasteiger partial charge in [-0.2, -0.15) is 0 Å². The number of nitrogens with zero attached hydrogens (tertiary/aromatic N) is 2. The van der Waals surface area contributed by atoms with E-state index in [0.29, 0.717) is 10.4 Å². The lowest BCUT2D eigenvalue weighted by molar-refractivity contribution is -0.380. The molecule has 0 amide bonds. The van der Waals surface area contributed by atoms with Gasteiger partial charge in [0.2, 0.25) is 0 Å². The SMILES string of the molecule is CN(C)P(=O)(OCc1ccc([N+](=O)[O-])s1)Oc1ccc(CC(=O)O)cc1. The zero-order valence-electron chi connectivity index (χ0n) is 14.0. The van der Waals surface area contributed by atoms with E-state index >= 15 is 0 Å². The average molecular weight is 400 g/mol. The minimum atomic E-state index is -3.68. The first kappa shape index (κ1) is 20.1. The number of carbonyl (C=O) groups is 1. The molecule has 1 atom stereocenters. The van der Waals surface area contributed by atoms with Gasteiger partial charge in [-0.05, 0) is 37.9 Å². The summed E-state index contributed by atoms with van der Waals surface area (Å²) < 4.78 is 25.1. The molecule has 0 aliphatic carbocycles. The van der Waals surface area contributed by atoms with Crippen molar-refractivity contribution in [2.75, 3.05) is 14.1 Å². The van der Waals surface area contributed by atoms with Gasteiger partial charge in [0, 0.05) is 10.9 Å². The summed E-state index contributed by atoms with van der Waals surface area (Å²) in [7, 11) is -0.633. The van der Waals surface area contributed by atoms with Crippen LogP contribution < -0.4 is 4.52 Å². The fourth-order valence-corrected chi connectivity index (χ4v) is 3.84. The molecule has 1 N–H and O–H groups in total. The van der Waals surface area contributed by atoms with Crippen molar-refractivity contribution in [2.45, 2.75) is 13.0 Å². The van der Waals surface area contributed by atoms with Gasteiger partial charge in [-0.1, -0.05) is 23.5 Å². The summed E-state index contributed by atoms with van der Waals surface area (Å²) in [5.41, 5.74) is 0.580. The molecule has 0 radical (unpaired) electrons. The minimum Gasteiger partial charge on any atom is -0.481 e. The van der Waals surface area contributed by atoms with Crippen LogP contribution in [0.4, 0.5) is 5.00 Å². The van der Waals surface area contributed by atoms with E-state index in [2.05, 4.69) is 0 Å². The molecule has 0 bridgehead atoms. The van der Waals surface area contributed by atoms with Crippen molar-refractivity contribution in [2.24, 2.45) is 0 Å². The van der Waals surface area contributed by atoms with E-state index in [4.69, 9.17) is 14.2 Å². The van der Waals surface area contributed by atoms with Crippen LogP contribution in [0.15, 0.2) is 36.4 Å². The molecular formula is C15H17N2O7PS. The van der Waals surface area contributed by atoms with Crippen molar-refractivity contribution in [3.63, 3.8) is 0 Å². The summed E-state index contributed by atoms with van der Waals surface area (Å²) in [4.78, 5) is 21.4. The lowest BCUT2D eigenvalue weighted by atomic mass is 10.1. The van der Waals surface area contributed by atoms with E-state index in [1.165, 1.54) is 43.0 Å². The van der Waals surface area contributed by atoms with Crippen LogP contribution in [-0.4, -0.2) is 34.8 Å². The topological polar surface area (TPSA) is 119 Å². The van der Waals surface area contributed by atoms with Crippen LogP contribution in [0.25, 0.3) is 0 Å². The van der Waals surface area contributed by atoms with Gasteiger partial charge < -0.3 is 9.63 Å². The van der Waals surface area contributed by atoms with Gasteiger partial charge in [-0.25, -0.2) is 9.24 Å². The van der Waals surface area contributed by atoms with Crippen LogP contribution in [0.5, 0.6) is 5.75 Å². The Labute approximate surface area is 153 Å². The summed E-state index contributed by atoms with van der Waals surface area (Å²) in [5, 5.41) is 19.4. The minimum absolute atomic E-state index is 0.0294. The second-order valence-electron chi connectivity index (χ2n) is 5.39. The van der Waals surface area contributed by atoms with Crippen molar-refractivity contribution >= 4 is 30.1 Å². The molecule has 26 heavy (non-hydrogen) atoms. The molecule has 0 saturated heterocycles. The van der Waals surface area contributed by atoms with Crippen molar-refractivity contribution in [3.05, 3.63) is 57.0 Å². The maximum Gasteiger partial charge on any atom is 0.461 e. The van der Waals surface area contributed by atoms with Crippen LogP contribution in [-0.2, 0) is 26.9 Å². The maximum absolute atomic E-state index is 12.9. The second kappa shape index (κ2) is 8.41. The van der Waals surface area contributed by atoms with Crippen molar-refractivity contribution < 1.29 is 28.4 Å². The van der Waals surface area contributed by atoms with Crippen LogP contribution in [0, 0.1) is 10.1 Å². The Hall–Kier alpha value is -2.26. The third-order valence-electron chi connectivity index (χ3n) is 3.19. The monoisotopic (exact) mass is 400 g/mol. The van der Waals surface area contributed by atoms with Crippen molar-refractivity contribution in [1.29, 1.82) is 0 Å². The predicted octanol–water partition coefficient (Wildman–Crippen LogP) is 3.55. The van der Waals surface area contributed by atoms with E-state index in [-0.39, 0.29) is 23.8 Å². The molecule has 1 aromatic carbocycles. The van der Waals surface area contributed by atoms with Gasteiger partial charge >= 0.3 is 18.7 Å². The normalized spacial score (nSPS) is 13.3. The number of rotatable bonds is 9. The predicted molar refractivity (Wildman–Crippen MR) is 95.5 cm³/mol. The van der Waals surface area contributed by atoms with Crippen LogP contribution in [0.3, 0.4) is 0 Å². The van der Waals surface area contributed by atoms with E-state index in [9.17, 15) is 19.5 Å². The van der Waals surface area contributed by atoms with E-state index in [0.717, 1.165) is 11.3 Å². The molecule has 1 unspecified atom stereocenters. The molecule has 2 aromatic rings. The Morgan fingerprint density at radius 3 is 2.42 bits per heavy atom. The van der Waals surface area contributed by atoms with E-state index in [1.807, 2.05) is 0 Å². The van der Waals surface area contributed by atoms with Gasteiger partial charge in [0.1, 0.15) is 5.75 Å². The van der Waals surface area contributed by atoms with Gasteiger partial charge in [0.05, 0.1) is 18.0 Å². The van der Waals surface area contributed by atoms with Crippen molar-refractivity contribution in [1.82, 2.24) is 4.67 Å². The Morgan fingerprint density at radius 2 is 1.92 bits per heavy atom. The fraction of sp³-hybridized carbons (Fsp3) is 0.267. The van der Waals surface area contributed by atoms with Crippen LogP contribution >= 0.6 is 19.1 Å². The molecule has 1 aromatic heterocycles. The summed E-state index contributed by atoms with van der Waals surface area (Å²) >= 11 is 0.932. The first-order valence-corrected chi connectivity index (χ1v) is 9.66. The maximum atomic E-state index is 12.9. The van der Waals surface area contributed by atoms with Crippen molar-refractivity contribution in [3.8, 4) is 5.75 Å². The molecule has 140 valence electrons. The third kappa shape index (κ3) is 5.37. The van der Waals surface area contributed by atoms with Gasteiger partial charge in [-0.3, -0.25) is 19.4 Å². The lowest BCUT2D eigenvalue weighted by Gasteiger charge is -2.23. The molecule has 11 heteroatoms. The molecule has 2 rings (SSSR count). The highest BCUT2D eigenvalue weighted by molar-refractivity contribution is 7.51. The third-order valence-corrected chi connectivity index (χ3v) is 6.07. The molecule has 0 saturated carbocycles. The van der Waals surface area contributed by atoms with Gasteiger partial charge in [0.15, 0.2) is 0 Å². The number of carboxylic acid groups (broad SMARTS) is 1. The Balaban J connectivity index is 2.07. The highest BCUT2D eigenvalue weighted by Gasteiger charge is 2.30. The number of thiophene rings is 1. The summed E-state index contributed by atoms with van der Waals surface area (Å²) in [6, 6.07) is 9.02. The summed E-state index contributed by atoms with van der Waals surface area (Å²) in [6.45, 7) is -0.106. The first-order chi connectivity index (χ1) is 12.2. The van der Waals surface area contributed by atoms with Gasteiger partial charge in [-0.15, -0.1) is 0 Å². The largest absolute Gasteiger partial charge is 0.481 e. The van der Waals surface area contributed by atoms with Gasteiger partial charge in [0.25, 0.3) is 0 Å². The molecule has 0 aliphatic heterocycles. The average Bonchev–Trinajstić information content (AvgIpc) is 3.03. The van der Waals surface area contributed by atoms with Crippen LogP contribution in [0.1, 0.15) is 10.4 Å². The molecule has 0 fully saturated rings. The zero-order valence-corrected chi connectivity index (χ0v) is 15.7. The summed E-state index contributed by atoms with van der Waals surface area (Å²) in [5.74, 6) is -0.695. The highest BCUT2D eigenvalue weighted by atomic mass is 32.1. The number of carboxylic acids is 1. The standard InChI is InChI=1S/C15H17N2O7PS/c1-16(2)25(22,23-10-13-7-8-14(26-13)17(20)21)24-12-5-3-11(4-6-12)9-15(18)19/h3-8H,9-10H2,1-2H3,(H,18,19). The molecular weight excluding hydrogens is 383 g/mol. The Morgan fingerprint density at radius 1 is 1.27 bits per heavy atom. The number of hydrogen-bond donors (Lipinski definition) is 1. The second-order valence-corrected chi connectivity index (χ2v) is 8.72. The number of hydrogen-bond acceptors (Lipinski definition) is 7.